The molecule has 2 saturated heterocycles. The molecule has 4 atom stereocenters. The Balaban J connectivity index is 0.000000382. The van der Waals surface area contributed by atoms with Crippen molar-refractivity contribution in [1.82, 2.24) is 35.1 Å². The molecule has 2 aromatic heterocycles. The van der Waals surface area contributed by atoms with E-state index in [1.807, 2.05) is 43.0 Å². The number of hydrogen-bond donors (Lipinski definition) is 3. The third-order valence-corrected chi connectivity index (χ3v) is 11.6. The number of H-pyrrole nitrogens is 2. The van der Waals surface area contributed by atoms with E-state index < -0.39 is 12.1 Å². The molecular formula is C43H65N7O4S4. The van der Waals surface area contributed by atoms with Crippen molar-refractivity contribution in [3.05, 3.63) is 83.7 Å². The van der Waals surface area contributed by atoms with Gasteiger partial charge in [0, 0.05) is 19.0 Å². The lowest BCUT2D eigenvalue weighted by atomic mass is 9.96. The van der Waals surface area contributed by atoms with Gasteiger partial charge in [-0.05, 0) is 74.3 Å². The molecule has 7 rings (SSSR count). The summed E-state index contributed by atoms with van der Waals surface area (Å²) in [6.07, 6.45) is 8.34. The summed E-state index contributed by atoms with van der Waals surface area (Å²) in [6, 6.07) is 16.0. The van der Waals surface area contributed by atoms with Gasteiger partial charge in [-0.15, -0.1) is 0 Å². The number of amides is 3. The summed E-state index contributed by atoms with van der Waals surface area (Å²) >= 11 is 0. The molecule has 1 spiro atoms. The van der Waals surface area contributed by atoms with Crippen molar-refractivity contribution < 1.29 is 19.1 Å². The van der Waals surface area contributed by atoms with Crippen molar-refractivity contribution in [3.8, 4) is 22.5 Å². The van der Waals surface area contributed by atoms with Gasteiger partial charge in [-0.1, -0.05) is 94.3 Å². The van der Waals surface area contributed by atoms with Crippen molar-refractivity contribution in [2.45, 2.75) is 98.7 Å². The van der Waals surface area contributed by atoms with Crippen molar-refractivity contribution in [2.75, 3.05) is 20.2 Å². The first-order valence-corrected chi connectivity index (χ1v) is 19.5. The lowest BCUT2D eigenvalue weighted by Crippen LogP contribution is -2.51. The van der Waals surface area contributed by atoms with Crippen LogP contribution in [-0.4, -0.2) is 73.9 Å². The van der Waals surface area contributed by atoms with E-state index in [2.05, 4.69) is 101 Å². The highest BCUT2D eigenvalue weighted by Crippen LogP contribution is 2.58. The molecule has 58 heavy (non-hydrogen) atoms. The van der Waals surface area contributed by atoms with Gasteiger partial charge in [0.05, 0.1) is 43.0 Å². The van der Waals surface area contributed by atoms with Crippen LogP contribution in [-0.2, 0) is 14.3 Å². The Morgan fingerprint density at radius 2 is 1.24 bits per heavy atom. The zero-order valence-corrected chi connectivity index (χ0v) is 39.1. The molecule has 3 N–H and O–H groups in total. The van der Waals surface area contributed by atoms with Gasteiger partial charge in [0.2, 0.25) is 11.8 Å². The predicted octanol–water partition coefficient (Wildman–Crippen LogP) is 8.61. The fourth-order valence-corrected chi connectivity index (χ4v) is 7.58. The van der Waals surface area contributed by atoms with E-state index in [1.54, 1.807) is 0 Å². The number of rotatable bonds is 9. The number of aromatic nitrogens is 4. The number of imidazole rings is 2. The number of methoxy groups -OCH3 is 1. The van der Waals surface area contributed by atoms with Gasteiger partial charge in [0.15, 0.2) is 0 Å². The molecule has 3 aliphatic rings. The first-order valence-electron chi connectivity index (χ1n) is 19.5. The third kappa shape index (κ3) is 11.6. The van der Waals surface area contributed by atoms with E-state index in [9.17, 15) is 14.4 Å². The van der Waals surface area contributed by atoms with E-state index in [-0.39, 0.29) is 95.1 Å². The Hall–Kier alpha value is -3.53. The highest BCUT2D eigenvalue weighted by Gasteiger charge is 2.55. The summed E-state index contributed by atoms with van der Waals surface area (Å²) in [5, 5.41) is 2.72. The van der Waals surface area contributed by atoms with Crippen LogP contribution in [0.4, 0.5) is 4.79 Å². The van der Waals surface area contributed by atoms with Crippen molar-refractivity contribution in [3.63, 3.8) is 0 Å². The normalized spacial score (nSPS) is 18.4. The molecule has 320 valence electrons. The Morgan fingerprint density at radius 3 is 1.69 bits per heavy atom. The van der Waals surface area contributed by atoms with Crippen LogP contribution in [0.3, 0.4) is 0 Å². The Kier molecular flexibility index (Phi) is 18.9. The summed E-state index contributed by atoms with van der Waals surface area (Å²) in [5.74, 6) is 2.26. The molecule has 11 nitrogen and oxygen atoms in total. The number of aromatic amines is 2. The molecule has 0 radical (unpaired) electrons. The van der Waals surface area contributed by atoms with Crippen LogP contribution in [0.15, 0.2) is 60.9 Å². The standard InChI is InChI=1S/C23H30N4O3.C20H27N3O.4H2S/c1-14(2)19(26-22(29)30-4)21(28)27-13-23(9-10-23)11-18(27)20-24-12-17(25-20)16-7-5-15(3)6-8-16;1-13(2)15(4)20(24)23-11-5-6-18(23)19-21-12-17(22-19)16-9-7-14(3)8-10-16;;;;/h5-8,12,14,18-19H,9-11,13H2,1-4H3,(H,24,25)(H,26,29);7-10,12-13,15,18H,5-6,11H2,1-4H3,(H,21,22);4*1H2/t18-,19-;15-,18-;;;;/m00..../s1. The number of nitrogens with zero attached hydrogens (tertiary/aromatic N) is 4. The maximum Gasteiger partial charge on any atom is 0.407 e. The molecule has 0 bridgehead atoms. The summed E-state index contributed by atoms with van der Waals surface area (Å²) in [6.45, 7) is 15.8. The third-order valence-electron chi connectivity index (χ3n) is 11.6. The molecule has 2 aromatic carbocycles. The van der Waals surface area contributed by atoms with Gasteiger partial charge in [0.1, 0.15) is 17.7 Å². The molecule has 4 aromatic rings. The lowest BCUT2D eigenvalue weighted by molar-refractivity contribution is -0.137. The Bertz CT molecular complexity index is 1930. The molecular weight excluding hydrogens is 807 g/mol. The Morgan fingerprint density at radius 1 is 0.741 bits per heavy atom. The fourth-order valence-electron chi connectivity index (χ4n) is 7.58. The zero-order chi connectivity index (χ0) is 38.7. The molecule has 2 aliphatic heterocycles. The second kappa shape index (κ2) is 21.6. The van der Waals surface area contributed by atoms with Gasteiger partial charge in [-0.3, -0.25) is 9.59 Å². The molecule has 3 amide bonds. The number of carbonyl (C=O) groups excluding carboxylic acids is 3. The number of nitrogens with one attached hydrogen (secondary N) is 3. The van der Waals surface area contributed by atoms with Crippen LogP contribution < -0.4 is 5.32 Å². The fraction of sp³-hybridized carbons (Fsp3) is 0.512. The maximum atomic E-state index is 13.5. The van der Waals surface area contributed by atoms with Gasteiger partial charge < -0.3 is 29.8 Å². The first-order chi connectivity index (χ1) is 25.8. The van der Waals surface area contributed by atoms with E-state index >= 15 is 0 Å². The summed E-state index contributed by atoms with van der Waals surface area (Å²) < 4.78 is 4.73. The second-order valence-electron chi connectivity index (χ2n) is 16.4. The second-order valence-corrected chi connectivity index (χ2v) is 16.4. The SMILES string of the molecule is COC(=O)N[C@H](C(=O)N1CC2(CC2)C[C@H]1c1ncc(-c2ccc(C)cc2)[nH]1)C(C)C.Cc1ccc(-c2cnc([C@@H]3CCCN3C(=O)[C@@H](C)C(C)C)[nH]2)cc1.S.S.S.S. The molecule has 3 fully saturated rings. The lowest BCUT2D eigenvalue weighted by Gasteiger charge is -2.30. The average molecular weight is 872 g/mol. The topological polar surface area (TPSA) is 136 Å². The molecule has 4 heterocycles. The number of hydrogen-bond acceptors (Lipinski definition) is 6. The van der Waals surface area contributed by atoms with Gasteiger partial charge in [-0.2, -0.15) is 54.0 Å². The number of carbonyl (C=O) groups is 3. The summed E-state index contributed by atoms with van der Waals surface area (Å²) in [5.41, 5.74) is 6.82. The van der Waals surface area contributed by atoms with Crippen molar-refractivity contribution in [2.24, 2.45) is 23.2 Å². The van der Waals surface area contributed by atoms with Crippen LogP contribution in [0.25, 0.3) is 22.5 Å². The van der Waals surface area contributed by atoms with E-state index in [1.165, 1.54) is 18.2 Å². The molecule has 1 aliphatic carbocycles. The minimum absolute atomic E-state index is 0. The molecule has 0 unspecified atom stereocenters. The molecule has 1 saturated carbocycles. The van der Waals surface area contributed by atoms with E-state index in [0.717, 1.165) is 72.8 Å². The molecule has 15 heteroatoms. The number of benzene rings is 2. The minimum Gasteiger partial charge on any atom is -0.453 e. The maximum absolute atomic E-state index is 13.5. The van der Waals surface area contributed by atoms with Gasteiger partial charge in [-0.25, -0.2) is 14.8 Å². The van der Waals surface area contributed by atoms with Crippen LogP contribution in [0.2, 0.25) is 0 Å². The summed E-state index contributed by atoms with van der Waals surface area (Å²) in [7, 11) is 1.31. The van der Waals surface area contributed by atoms with Crippen LogP contribution >= 0.6 is 54.0 Å². The predicted molar refractivity (Wildman–Crippen MR) is 252 cm³/mol. The largest absolute Gasteiger partial charge is 0.453 e. The quantitative estimate of drug-likeness (QED) is 0.154. The van der Waals surface area contributed by atoms with E-state index in [0.29, 0.717) is 12.5 Å². The number of aryl methyl sites for hydroxylation is 2. The van der Waals surface area contributed by atoms with E-state index in [4.69, 9.17) is 4.74 Å². The van der Waals surface area contributed by atoms with Gasteiger partial charge in [0.25, 0.3) is 0 Å². The highest BCUT2D eigenvalue weighted by atomic mass is 32.1. The highest BCUT2D eigenvalue weighted by molar-refractivity contribution is 7.59. The van der Waals surface area contributed by atoms with Crippen LogP contribution in [0.5, 0.6) is 0 Å². The number of ether oxygens (including phenoxy) is 1. The Labute approximate surface area is 372 Å². The van der Waals surface area contributed by atoms with Crippen molar-refractivity contribution in [1.29, 1.82) is 0 Å². The van der Waals surface area contributed by atoms with Crippen molar-refractivity contribution >= 4 is 71.9 Å². The average Bonchev–Trinajstić information content (AvgIpc) is 3.69. The minimum atomic E-state index is -0.625. The smallest absolute Gasteiger partial charge is 0.407 e. The first kappa shape index (κ1) is 50.6. The van der Waals surface area contributed by atoms with Gasteiger partial charge >= 0.3 is 6.09 Å². The van der Waals surface area contributed by atoms with Crippen LogP contribution in [0, 0.1) is 37.0 Å². The summed E-state index contributed by atoms with van der Waals surface area (Å²) in [4.78, 5) is 58.1. The number of likely N-dealkylation sites (tertiary alicyclic amines) is 2. The van der Waals surface area contributed by atoms with Crippen LogP contribution in [0.1, 0.15) is 102 Å². The monoisotopic (exact) mass is 871 g/mol. The number of alkyl carbamates (subject to hydrolysis) is 1. The zero-order valence-electron chi connectivity index (χ0n) is 35.1.